The molecular formula is C24H36N4O2. The van der Waals surface area contributed by atoms with E-state index in [9.17, 15) is 5.11 Å². The van der Waals surface area contributed by atoms with Gasteiger partial charge in [0.05, 0.1) is 18.8 Å². The van der Waals surface area contributed by atoms with Crippen LogP contribution in [0.1, 0.15) is 43.6 Å². The number of rotatable bonds is 10. The van der Waals surface area contributed by atoms with Gasteiger partial charge in [0.15, 0.2) is 5.96 Å². The number of guanidine groups is 1. The van der Waals surface area contributed by atoms with Crippen molar-refractivity contribution >= 4 is 5.96 Å². The molecule has 0 amide bonds. The van der Waals surface area contributed by atoms with E-state index in [1.165, 1.54) is 11.1 Å². The van der Waals surface area contributed by atoms with Gasteiger partial charge in [0.2, 0.25) is 0 Å². The molecule has 0 aliphatic rings. The summed E-state index contributed by atoms with van der Waals surface area (Å²) in [5, 5.41) is 17.1. The first-order valence-corrected chi connectivity index (χ1v) is 10.6. The van der Waals surface area contributed by atoms with Crippen LogP contribution in [-0.2, 0) is 13.1 Å². The summed E-state index contributed by atoms with van der Waals surface area (Å²) in [5.74, 6) is 1.45. The highest BCUT2D eigenvalue weighted by Gasteiger charge is 2.10. The van der Waals surface area contributed by atoms with Crippen molar-refractivity contribution < 1.29 is 9.84 Å². The maximum absolute atomic E-state index is 10.6. The van der Waals surface area contributed by atoms with Gasteiger partial charge >= 0.3 is 0 Å². The summed E-state index contributed by atoms with van der Waals surface area (Å²) in [4.78, 5) is 6.87. The first-order valence-electron chi connectivity index (χ1n) is 10.6. The minimum atomic E-state index is -0.661. The van der Waals surface area contributed by atoms with Crippen molar-refractivity contribution in [2.24, 2.45) is 4.99 Å². The number of nitrogens with one attached hydrogen (secondary N) is 2. The fourth-order valence-electron chi connectivity index (χ4n) is 3.09. The van der Waals surface area contributed by atoms with Crippen molar-refractivity contribution in [3.05, 3.63) is 65.2 Å². The van der Waals surface area contributed by atoms with Gasteiger partial charge in [0, 0.05) is 19.6 Å². The van der Waals surface area contributed by atoms with Crippen LogP contribution in [0.3, 0.4) is 0 Å². The van der Waals surface area contributed by atoms with Crippen LogP contribution in [0.15, 0.2) is 53.5 Å². The molecule has 0 fully saturated rings. The van der Waals surface area contributed by atoms with Gasteiger partial charge in [-0.2, -0.15) is 0 Å². The Labute approximate surface area is 181 Å². The number of benzene rings is 2. The zero-order chi connectivity index (χ0) is 21.9. The third-order valence-electron chi connectivity index (χ3n) is 4.43. The summed E-state index contributed by atoms with van der Waals surface area (Å²) in [6.45, 7) is 8.56. The third kappa shape index (κ3) is 8.05. The summed E-state index contributed by atoms with van der Waals surface area (Å²) < 4.78 is 5.72. The van der Waals surface area contributed by atoms with Gasteiger partial charge in [-0.1, -0.05) is 36.4 Å². The number of nitrogens with zero attached hydrogens (tertiary/aromatic N) is 2. The number of aliphatic hydroxyl groups is 1. The van der Waals surface area contributed by atoms with Gasteiger partial charge in [-0.3, -0.25) is 0 Å². The van der Waals surface area contributed by atoms with Gasteiger partial charge < -0.3 is 25.4 Å². The zero-order valence-electron chi connectivity index (χ0n) is 18.9. The van der Waals surface area contributed by atoms with Crippen molar-refractivity contribution in [1.82, 2.24) is 15.5 Å². The van der Waals surface area contributed by atoms with Gasteiger partial charge in [-0.05, 0) is 63.7 Å². The van der Waals surface area contributed by atoms with E-state index >= 15 is 0 Å². The van der Waals surface area contributed by atoms with Crippen LogP contribution in [0.25, 0.3) is 0 Å². The molecule has 0 bridgehead atoms. The Morgan fingerprint density at radius 2 is 1.80 bits per heavy atom. The number of ether oxygens (including phenoxy) is 1. The average molecular weight is 413 g/mol. The summed E-state index contributed by atoms with van der Waals surface area (Å²) >= 11 is 0. The van der Waals surface area contributed by atoms with Crippen molar-refractivity contribution in [2.75, 3.05) is 27.2 Å². The Morgan fingerprint density at radius 1 is 1.07 bits per heavy atom. The lowest BCUT2D eigenvalue weighted by molar-refractivity contribution is 0.179. The number of hydrogen-bond acceptors (Lipinski definition) is 4. The number of aliphatic imine (C=N–C) groups is 1. The van der Waals surface area contributed by atoms with Crippen LogP contribution >= 0.6 is 0 Å². The molecule has 0 saturated carbocycles. The number of hydrogen-bond donors (Lipinski definition) is 3. The van der Waals surface area contributed by atoms with E-state index in [4.69, 9.17) is 9.73 Å². The summed E-state index contributed by atoms with van der Waals surface area (Å²) in [5.41, 5.74) is 3.28. The second-order valence-corrected chi connectivity index (χ2v) is 7.84. The zero-order valence-corrected chi connectivity index (χ0v) is 18.9. The first-order chi connectivity index (χ1) is 14.4. The highest BCUT2D eigenvalue weighted by molar-refractivity contribution is 5.79. The lowest BCUT2D eigenvalue weighted by Gasteiger charge is -2.17. The molecule has 1 atom stereocenters. The Morgan fingerprint density at radius 3 is 2.47 bits per heavy atom. The van der Waals surface area contributed by atoms with Gasteiger partial charge in [0.25, 0.3) is 0 Å². The SMILES string of the molecule is CCNC(=NCc1ccccc1CN(C)C)NCC(O)c1cccc(OC(C)C)c1. The highest BCUT2D eigenvalue weighted by Crippen LogP contribution is 2.20. The fourth-order valence-corrected chi connectivity index (χ4v) is 3.09. The Bertz CT molecular complexity index is 805. The molecule has 1 unspecified atom stereocenters. The quantitative estimate of drug-likeness (QED) is 0.413. The molecule has 0 aliphatic carbocycles. The fraction of sp³-hybridized carbons (Fsp3) is 0.458. The Balaban J connectivity index is 2.02. The van der Waals surface area contributed by atoms with E-state index in [2.05, 4.69) is 47.8 Å². The van der Waals surface area contributed by atoms with E-state index in [0.29, 0.717) is 19.0 Å². The molecule has 30 heavy (non-hydrogen) atoms. The molecule has 6 heteroatoms. The van der Waals surface area contributed by atoms with Crippen molar-refractivity contribution in [3.8, 4) is 5.75 Å². The lowest BCUT2D eigenvalue weighted by atomic mass is 10.1. The van der Waals surface area contributed by atoms with Crippen molar-refractivity contribution in [1.29, 1.82) is 0 Å². The highest BCUT2D eigenvalue weighted by atomic mass is 16.5. The number of aliphatic hydroxyl groups excluding tert-OH is 1. The maximum Gasteiger partial charge on any atom is 0.191 e. The molecule has 0 aromatic heterocycles. The van der Waals surface area contributed by atoms with E-state index in [1.54, 1.807) is 0 Å². The minimum Gasteiger partial charge on any atom is -0.491 e. The predicted molar refractivity (Wildman–Crippen MR) is 124 cm³/mol. The molecule has 164 valence electrons. The molecule has 2 aromatic carbocycles. The Kier molecular flexibility index (Phi) is 9.64. The molecular weight excluding hydrogens is 376 g/mol. The molecule has 0 saturated heterocycles. The largest absolute Gasteiger partial charge is 0.491 e. The second-order valence-electron chi connectivity index (χ2n) is 7.84. The van der Waals surface area contributed by atoms with Crippen LogP contribution in [0.4, 0.5) is 0 Å². The second kappa shape index (κ2) is 12.2. The van der Waals surface area contributed by atoms with E-state index < -0.39 is 6.10 Å². The van der Waals surface area contributed by atoms with E-state index in [1.807, 2.05) is 51.1 Å². The lowest BCUT2D eigenvalue weighted by Crippen LogP contribution is -2.39. The van der Waals surface area contributed by atoms with Gasteiger partial charge in [-0.15, -0.1) is 0 Å². The molecule has 3 N–H and O–H groups in total. The topological polar surface area (TPSA) is 69.1 Å². The van der Waals surface area contributed by atoms with Crippen molar-refractivity contribution in [2.45, 2.75) is 46.1 Å². The van der Waals surface area contributed by atoms with Crippen molar-refractivity contribution in [3.63, 3.8) is 0 Å². The standard InChI is InChI=1S/C24H36N4O2/c1-6-25-24(26-15-20-10-7-8-11-21(20)17-28(4)5)27-16-23(29)19-12-9-13-22(14-19)30-18(2)3/h7-14,18,23,29H,6,15-17H2,1-5H3,(H2,25,26,27). The molecule has 0 radical (unpaired) electrons. The molecule has 0 spiro atoms. The molecule has 0 heterocycles. The maximum atomic E-state index is 10.6. The summed E-state index contributed by atoms with van der Waals surface area (Å²) in [6, 6.07) is 15.9. The van der Waals surface area contributed by atoms with Crippen LogP contribution in [-0.4, -0.2) is 49.3 Å². The van der Waals surface area contributed by atoms with Gasteiger partial charge in [0.1, 0.15) is 5.75 Å². The third-order valence-corrected chi connectivity index (χ3v) is 4.43. The average Bonchev–Trinajstić information content (AvgIpc) is 2.70. The molecule has 2 aromatic rings. The molecule has 6 nitrogen and oxygen atoms in total. The first kappa shape index (κ1) is 23.7. The van der Waals surface area contributed by atoms with Gasteiger partial charge in [-0.25, -0.2) is 4.99 Å². The monoisotopic (exact) mass is 412 g/mol. The minimum absolute atomic E-state index is 0.0957. The predicted octanol–water partition coefficient (Wildman–Crippen LogP) is 3.32. The Hall–Kier alpha value is -2.57. The molecule has 2 rings (SSSR count). The summed E-state index contributed by atoms with van der Waals surface area (Å²) in [6.07, 6.45) is -0.566. The van der Waals surface area contributed by atoms with E-state index in [-0.39, 0.29) is 6.10 Å². The van der Waals surface area contributed by atoms with E-state index in [0.717, 1.165) is 24.4 Å². The van der Waals surface area contributed by atoms with Crippen LogP contribution in [0, 0.1) is 0 Å². The van der Waals surface area contributed by atoms with Crippen LogP contribution in [0.2, 0.25) is 0 Å². The van der Waals surface area contributed by atoms with Crippen LogP contribution < -0.4 is 15.4 Å². The molecule has 0 aliphatic heterocycles. The summed E-state index contributed by atoms with van der Waals surface area (Å²) in [7, 11) is 4.13. The van der Waals surface area contributed by atoms with Crippen LogP contribution in [0.5, 0.6) is 5.75 Å². The normalized spacial score (nSPS) is 12.9. The smallest absolute Gasteiger partial charge is 0.191 e.